The third-order valence-corrected chi connectivity index (χ3v) is 5.15. The van der Waals surface area contributed by atoms with Gasteiger partial charge in [-0.15, -0.1) is 0 Å². The maximum absolute atomic E-state index is 12.4. The van der Waals surface area contributed by atoms with Gasteiger partial charge in [0.15, 0.2) is 0 Å². The van der Waals surface area contributed by atoms with Crippen molar-refractivity contribution in [2.75, 3.05) is 17.1 Å². The van der Waals surface area contributed by atoms with E-state index in [0.29, 0.717) is 17.9 Å². The van der Waals surface area contributed by atoms with Gasteiger partial charge in [0, 0.05) is 11.3 Å². The third kappa shape index (κ3) is 5.49. The van der Waals surface area contributed by atoms with Crippen LogP contribution in [0.1, 0.15) is 42.7 Å². The Morgan fingerprint density at radius 2 is 1.65 bits per heavy atom. The molecule has 0 aliphatic rings. The minimum absolute atomic E-state index is 0.00512. The molecule has 0 saturated heterocycles. The van der Waals surface area contributed by atoms with Gasteiger partial charge in [0.1, 0.15) is 5.75 Å². The number of rotatable bonds is 8. The van der Waals surface area contributed by atoms with Crippen molar-refractivity contribution in [1.29, 1.82) is 0 Å². The number of nitrogens with one attached hydrogen (secondary N) is 2. The summed E-state index contributed by atoms with van der Waals surface area (Å²) in [5.74, 6) is 0.561. The number of anilines is 1. The standard InChI is InChI=1S/C19H24N2O4S/c1-4-25-18-12-8-15(9-13-18)14(3)20-19(22)16-6-10-17(11-7-16)21-26(23,24)5-2/h6-14,21H,4-5H2,1-3H3,(H,20,22)/t14-/m0/s1. The molecule has 1 amide bonds. The molecule has 0 unspecified atom stereocenters. The van der Waals surface area contributed by atoms with Crippen LogP contribution in [0, 0.1) is 0 Å². The van der Waals surface area contributed by atoms with E-state index < -0.39 is 10.0 Å². The van der Waals surface area contributed by atoms with Crippen molar-refractivity contribution in [1.82, 2.24) is 5.32 Å². The van der Waals surface area contributed by atoms with Gasteiger partial charge in [0.2, 0.25) is 10.0 Å². The van der Waals surface area contributed by atoms with E-state index in [4.69, 9.17) is 4.74 Å². The summed E-state index contributed by atoms with van der Waals surface area (Å²) in [7, 11) is -3.33. The zero-order chi connectivity index (χ0) is 19.2. The molecule has 0 radical (unpaired) electrons. The lowest BCUT2D eigenvalue weighted by molar-refractivity contribution is 0.0940. The van der Waals surface area contributed by atoms with Crippen LogP contribution in [0.2, 0.25) is 0 Å². The summed E-state index contributed by atoms with van der Waals surface area (Å²) in [6.07, 6.45) is 0. The van der Waals surface area contributed by atoms with Crippen LogP contribution in [-0.2, 0) is 10.0 Å². The van der Waals surface area contributed by atoms with Gasteiger partial charge in [-0.1, -0.05) is 12.1 Å². The van der Waals surface area contributed by atoms with Gasteiger partial charge < -0.3 is 10.1 Å². The first-order valence-corrected chi connectivity index (χ1v) is 10.1. The molecule has 6 nitrogen and oxygen atoms in total. The first kappa shape index (κ1) is 19.8. The molecule has 0 aliphatic carbocycles. The van der Waals surface area contributed by atoms with Gasteiger partial charge >= 0.3 is 0 Å². The molecular weight excluding hydrogens is 352 g/mol. The van der Waals surface area contributed by atoms with Gasteiger partial charge in [-0.2, -0.15) is 0 Å². The van der Waals surface area contributed by atoms with Crippen molar-refractivity contribution >= 4 is 21.6 Å². The highest BCUT2D eigenvalue weighted by Gasteiger charge is 2.12. The summed E-state index contributed by atoms with van der Waals surface area (Å²) in [5.41, 5.74) is 1.86. The molecule has 0 bridgehead atoms. The molecule has 0 spiro atoms. The quantitative estimate of drug-likeness (QED) is 0.740. The molecule has 0 aliphatic heterocycles. The molecule has 0 heterocycles. The summed E-state index contributed by atoms with van der Waals surface area (Å²) in [6.45, 7) is 6.00. The highest BCUT2D eigenvalue weighted by Crippen LogP contribution is 2.18. The van der Waals surface area contributed by atoms with E-state index in [1.807, 2.05) is 38.1 Å². The number of ether oxygens (including phenoxy) is 1. The summed E-state index contributed by atoms with van der Waals surface area (Å²) in [6, 6.07) is 13.7. The normalized spacial score (nSPS) is 12.3. The summed E-state index contributed by atoms with van der Waals surface area (Å²) in [5, 5.41) is 2.92. The van der Waals surface area contributed by atoms with Gasteiger partial charge in [-0.05, 0) is 62.7 Å². The number of carbonyl (C=O) groups excluding carboxylic acids is 1. The van der Waals surface area contributed by atoms with E-state index >= 15 is 0 Å². The molecule has 0 saturated carbocycles. The Kier molecular flexibility index (Phi) is 6.63. The van der Waals surface area contributed by atoms with Crippen LogP contribution < -0.4 is 14.8 Å². The molecule has 1 atom stereocenters. The number of amides is 1. The molecule has 2 aromatic rings. The Bertz CT molecular complexity index is 831. The van der Waals surface area contributed by atoms with E-state index in [2.05, 4.69) is 10.0 Å². The lowest BCUT2D eigenvalue weighted by atomic mass is 10.1. The van der Waals surface area contributed by atoms with Crippen molar-refractivity contribution < 1.29 is 17.9 Å². The molecule has 2 N–H and O–H groups in total. The van der Waals surface area contributed by atoms with Crippen molar-refractivity contribution in [3.8, 4) is 5.75 Å². The summed E-state index contributed by atoms with van der Waals surface area (Å²) in [4.78, 5) is 12.4. The van der Waals surface area contributed by atoms with Crippen LogP contribution in [0.3, 0.4) is 0 Å². The van der Waals surface area contributed by atoms with Gasteiger partial charge in [-0.3, -0.25) is 9.52 Å². The highest BCUT2D eigenvalue weighted by atomic mass is 32.2. The van der Waals surface area contributed by atoms with Crippen LogP contribution in [0.15, 0.2) is 48.5 Å². The molecule has 140 valence electrons. The molecule has 7 heteroatoms. The van der Waals surface area contributed by atoms with E-state index in [-0.39, 0.29) is 17.7 Å². The SMILES string of the molecule is CCOc1ccc([C@H](C)NC(=O)c2ccc(NS(=O)(=O)CC)cc2)cc1. The van der Waals surface area contributed by atoms with Crippen LogP contribution in [0.25, 0.3) is 0 Å². The number of benzene rings is 2. The van der Waals surface area contributed by atoms with E-state index in [1.165, 1.54) is 0 Å². The molecule has 0 fully saturated rings. The minimum atomic E-state index is -3.33. The first-order chi connectivity index (χ1) is 12.3. The fourth-order valence-electron chi connectivity index (χ4n) is 2.32. The first-order valence-electron chi connectivity index (χ1n) is 8.48. The van der Waals surface area contributed by atoms with E-state index in [9.17, 15) is 13.2 Å². The number of hydrogen-bond donors (Lipinski definition) is 2. The topological polar surface area (TPSA) is 84.5 Å². The maximum atomic E-state index is 12.4. The smallest absolute Gasteiger partial charge is 0.251 e. The highest BCUT2D eigenvalue weighted by molar-refractivity contribution is 7.92. The fraction of sp³-hybridized carbons (Fsp3) is 0.316. The van der Waals surface area contributed by atoms with Crippen LogP contribution in [0.5, 0.6) is 5.75 Å². The predicted molar refractivity (Wildman–Crippen MR) is 103 cm³/mol. The predicted octanol–water partition coefficient (Wildman–Crippen LogP) is 3.34. The van der Waals surface area contributed by atoms with E-state index in [1.54, 1.807) is 31.2 Å². The lowest BCUT2D eigenvalue weighted by Gasteiger charge is -2.15. The fourth-order valence-corrected chi connectivity index (χ4v) is 2.96. The minimum Gasteiger partial charge on any atom is -0.494 e. The molecule has 2 aromatic carbocycles. The van der Waals surface area contributed by atoms with Gasteiger partial charge in [0.25, 0.3) is 5.91 Å². The van der Waals surface area contributed by atoms with Crippen molar-refractivity contribution in [3.05, 3.63) is 59.7 Å². The Balaban J connectivity index is 2.00. The average Bonchev–Trinajstić information content (AvgIpc) is 2.63. The number of carbonyl (C=O) groups is 1. The van der Waals surface area contributed by atoms with Crippen molar-refractivity contribution in [2.24, 2.45) is 0 Å². The second-order valence-electron chi connectivity index (χ2n) is 5.78. The molecular formula is C19H24N2O4S. The number of sulfonamides is 1. The summed E-state index contributed by atoms with van der Waals surface area (Å²) >= 11 is 0. The second kappa shape index (κ2) is 8.71. The maximum Gasteiger partial charge on any atom is 0.251 e. The average molecular weight is 376 g/mol. The monoisotopic (exact) mass is 376 g/mol. The Labute approximate surface area is 154 Å². The summed E-state index contributed by atoms with van der Waals surface area (Å²) < 4.78 is 31.0. The second-order valence-corrected chi connectivity index (χ2v) is 7.79. The Hall–Kier alpha value is -2.54. The lowest BCUT2D eigenvalue weighted by Crippen LogP contribution is -2.26. The van der Waals surface area contributed by atoms with Crippen molar-refractivity contribution in [2.45, 2.75) is 26.8 Å². The Morgan fingerprint density at radius 1 is 1.04 bits per heavy atom. The molecule has 0 aromatic heterocycles. The molecule has 26 heavy (non-hydrogen) atoms. The zero-order valence-corrected chi connectivity index (χ0v) is 16.0. The van der Waals surface area contributed by atoms with Gasteiger partial charge in [0.05, 0.1) is 18.4 Å². The van der Waals surface area contributed by atoms with Crippen molar-refractivity contribution in [3.63, 3.8) is 0 Å². The van der Waals surface area contributed by atoms with Crippen LogP contribution >= 0.6 is 0 Å². The largest absolute Gasteiger partial charge is 0.494 e. The van der Waals surface area contributed by atoms with Crippen LogP contribution in [0.4, 0.5) is 5.69 Å². The number of hydrogen-bond acceptors (Lipinski definition) is 4. The zero-order valence-electron chi connectivity index (χ0n) is 15.2. The Morgan fingerprint density at radius 3 is 2.19 bits per heavy atom. The van der Waals surface area contributed by atoms with Crippen LogP contribution in [-0.4, -0.2) is 26.7 Å². The van der Waals surface area contributed by atoms with E-state index in [0.717, 1.165) is 11.3 Å². The molecule has 2 rings (SSSR count). The van der Waals surface area contributed by atoms with Gasteiger partial charge in [-0.25, -0.2) is 8.42 Å². The third-order valence-electron chi connectivity index (χ3n) is 3.84.